The maximum absolute atomic E-state index is 12.7. The van der Waals surface area contributed by atoms with Crippen LogP contribution in [-0.4, -0.2) is 26.4 Å². The number of nitrogens with one attached hydrogen (secondary N) is 2. The highest BCUT2D eigenvalue weighted by molar-refractivity contribution is 8.01. The monoisotopic (exact) mass is 519 g/mol. The summed E-state index contributed by atoms with van der Waals surface area (Å²) >= 11 is 19.2. The second-order valence-electron chi connectivity index (χ2n) is 7.20. The van der Waals surface area contributed by atoms with E-state index in [0.717, 1.165) is 5.56 Å². The molecule has 1 aliphatic rings. The molecule has 3 aromatic rings. The zero-order valence-electron chi connectivity index (χ0n) is 17.3. The molecule has 2 unspecified atom stereocenters. The third-order valence-corrected chi connectivity index (χ3v) is 6.88. The molecule has 0 aliphatic carbocycles. The van der Waals surface area contributed by atoms with Crippen LogP contribution in [0.2, 0.25) is 10.0 Å². The molecule has 1 fully saturated rings. The minimum Gasteiger partial charge on any atom is -0.508 e. The van der Waals surface area contributed by atoms with Crippen molar-refractivity contribution in [3.8, 4) is 17.2 Å². The number of ether oxygens (including phenoxy) is 1. The number of phenolic OH excluding ortho intramolecular Hbond substituents is 1. The lowest BCUT2D eigenvalue weighted by Gasteiger charge is -2.26. The molecule has 6 nitrogen and oxygen atoms in total. The average molecular weight is 520 g/mol. The summed E-state index contributed by atoms with van der Waals surface area (Å²) in [5, 5.41) is 14.8. The lowest BCUT2D eigenvalue weighted by Crippen LogP contribution is -2.47. The van der Waals surface area contributed by atoms with Crippen LogP contribution in [0, 0.1) is 0 Å². The van der Waals surface area contributed by atoms with Gasteiger partial charge < -0.3 is 15.2 Å². The van der Waals surface area contributed by atoms with Gasteiger partial charge in [0.1, 0.15) is 22.6 Å². The van der Waals surface area contributed by atoms with Crippen molar-refractivity contribution in [2.24, 2.45) is 0 Å². The van der Waals surface area contributed by atoms with E-state index in [9.17, 15) is 9.90 Å². The van der Waals surface area contributed by atoms with E-state index in [4.69, 9.17) is 40.2 Å². The first-order valence-corrected chi connectivity index (χ1v) is 12.0. The summed E-state index contributed by atoms with van der Waals surface area (Å²) in [6.07, 6.45) is 0. The first-order valence-electron chi connectivity index (χ1n) is 9.88. The number of thiocarbonyl (C=S) groups is 1. The van der Waals surface area contributed by atoms with Crippen molar-refractivity contribution in [3.63, 3.8) is 0 Å². The summed E-state index contributed by atoms with van der Waals surface area (Å²) in [5.74, 6) is 1.17. The fourth-order valence-corrected chi connectivity index (χ4v) is 4.93. The molecule has 33 heavy (non-hydrogen) atoms. The number of rotatable bonds is 5. The molecule has 1 aliphatic heterocycles. The van der Waals surface area contributed by atoms with Crippen molar-refractivity contribution in [3.05, 3.63) is 82.3 Å². The fourth-order valence-electron chi connectivity index (χ4n) is 3.16. The maximum atomic E-state index is 12.7. The molecule has 0 spiro atoms. The van der Waals surface area contributed by atoms with Gasteiger partial charge in [0.05, 0.1) is 10.3 Å². The van der Waals surface area contributed by atoms with Crippen LogP contribution >= 0.6 is 47.2 Å². The summed E-state index contributed by atoms with van der Waals surface area (Å²) in [7, 11) is 0. The van der Waals surface area contributed by atoms with E-state index in [1.165, 1.54) is 16.8 Å². The fraction of sp³-hybridized carbons (Fsp3) is 0.130. The maximum Gasteiger partial charge on any atom is 0.255 e. The zero-order chi connectivity index (χ0) is 23.5. The van der Waals surface area contributed by atoms with Gasteiger partial charge >= 0.3 is 0 Å². The molecule has 1 heterocycles. The van der Waals surface area contributed by atoms with Gasteiger partial charge in [-0.15, -0.1) is 11.8 Å². The predicted octanol–water partition coefficient (Wildman–Crippen LogP) is 6.36. The van der Waals surface area contributed by atoms with E-state index >= 15 is 0 Å². The van der Waals surface area contributed by atoms with Gasteiger partial charge in [-0.25, -0.2) is 5.01 Å². The van der Waals surface area contributed by atoms with Crippen LogP contribution in [0.1, 0.15) is 17.9 Å². The Balaban J connectivity index is 1.43. The Kier molecular flexibility index (Phi) is 7.19. The average Bonchev–Trinajstić information content (AvgIpc) is 3.06. The zero-order valence-corrected chi connectivity index (χ0v) is 20.4. The molecule has 0 radical (unpaired) electrons. The Morgan fingerprint density at radius 1 is 1.09 bits per heavy atom. The molecule has 3 aromatic carbocycles. The molecule has 1 saturated heterocycles. The van der Waals surface area contributed by atoms with E-state index in [0.29, 0.717) is 27.2 Å². The van der Waals surface area contributed by atoms with Crippen molar-refractivity contribution in [2.75, 3.05) is 5.32 Å². The van der Waals surface area contributed by atoms with Crippen molar-refractivity contribution in [1.82, 2.24) is 10.4 Å². The second-order valence-corrected chi connectivity index (χ2v) is 9.88. The highest BCUT2D eigenvalue weighted by Gasteiger charge is 2.39. The van der Waals surface area contributed by atoms with E-state index in [1.807, 2.05) is 6.92 Å². The van der Waals surface area contributed by atoms with Crippen LogP contribution < -0.4 is 15.5 Å². The van der Waals surface area contributed by atoms with Crippen molar-refractivity contribution >= 4 is 63.9 Å². The van der Waals surface area contributed by atoms with Gasteiger partial charge in [-0.2, -0.15) is 0 Å². The molecule has 1 amide bonds. The lowest BCUT2D eigenvalue weighted by atomic mass is 10.2. The van der Waals surface area contributed by atoms with Crippen LogP contribution in [0.3, 0.4) is 0 Å². The molecule has 0 bridgehead atoms. The topological polar surface area (TPSA) is 73.8 Å². The van der Waals surface area contributed by atoms with E-state index < -0.39 is 0 Å². The van der Waals surface area contributed by atoms with Crippen LogP contribution in [-0.2, 0) is 4.79 Å². The number of halogens is 2. The quantitative estimate of drug-likeness (QED) is 0.339. The molecule has 10 heteroatoms. The van der Waals surface area contributed by atoms with Crippen LogP contribution in [0.25, 0.3) is 0 Å². The number of carbonyl (C=O) groups is 1. The highest BCUT2D eigenvalue weighted by Crippen LogP contribution is 2.42. The van der Waals surface area contributed by atoms with Crippen LogP contribution in [0.15, 0.2) is 66.7 Å². The Bertz CT molecular complexity index is 1180. The van der Waals surface area contributed by atoms with E-state index in [2.05, 4.69) is 10.7 Å². The molecule has 170 valence electrons. The number of hydrogen-bond donors (Lipinski definition) is 3. The van der Waals surface area contributed by atoms with Gasteiger partial charge in [-0.1, -0.05) is 35.3 Å². The number of thioether (sulfide) groups is 1. The van der Waals surface area contributed by atoms with Gasteiger partial charge in [0.15, 0.2) is 5.11 Å². The molecule has 4 rings (SSSR count). The van der Waals surface area contributed by atoms with Gasteiger partial charge in [-0.3, -0.25) is 10.2 Å². The third kappa shape index (κ3) is 5.65. The number of carbonyl (C=O) groups excluding carboxylic acids is 1. The standard InChI is InChI=1S/C23H19Cl2N3O3S2/c1-13-21(30)28(22(33-13)14-2-7-17(29)8-3-14)27-23(32)26-16-6-11-20(19(25)12-16)31-18-9-4-15(24)5-10-18/h2-13,22,29H,1H3,(H2,26,27,32). The van der Waals surface area contributed by atoms with Crippen molar-refractivity contribution in [1.29, 1.82) is 0 Å². The number of aromatic hydroxyl groups is 1. The summed E-state index contributed by atoms with van der Waals surface area (Å²) in [4.78, 5) is 12.7. The Morgan fingerprint density at radius 3 is 2.45 bits per heavy atom. The molecule has 0 saturated carbocycles. The first-order chi connectivity index (χ1) is 15.8. The Morgan fingerprint density at radius 2 is 1.79 bits per heavy atom. The number of nitrogens with zero attached hydrogens (tertiary/aromatic N) is 1. The van der Waals surface area contributed by atoms with Gasteiger partial charge in [0, 0.05) is 10.7 Å². The van der Waals surface area contributed by atoms with E-state index in [-0.39, 0.29) is 27.4 Å². The number of hydrazine groups is 1. The molecule has 0 aromatic heterocycles. The normalized spacial score (nSPS) is 17.7. The molecular formula is C23H19Cl2N3O3S2. The van der Waals surface area contributed by atoms with Crippen molar-refractivity contribution in [2.45, 2.75) is 17.5 Å². The minimum atomic E-state index is -0.286. The number of anilines is 1. The van der Waals surface area contributed by atoms with Crippen LogP contribution in [0.4, 0.5) is 5.69 Å². The van der Waals surface area contributed by atoms with Gasteiger partial charge in [-0.05, 0) is 79.3 Å². The molecule has 3 N–H and O–H groups in total. The summed E-state index contributed by atoms with van der Waals surface area (Å²) in [5.41, 5.74) is 4.49. The first kappa shape index (κ1) is 23.5. The van der Waals surface area contributed by atoms with Gasteiger partial charge in [0.2, 0.25) is 0 Å². The summed E-state index contributed by atoms with van der Waals surface area (Å²) in [6.45, 7) is 1.84. The Hall–Kier alpha value is -2.65. The number of hydrogen-bond acceptors (Lipinski definition) is 5. The van der Waals surface area contributed by atoms with E-state index in [1.54, 1.807) is 66.7 Å². The Labute approximate surface area is 210 Å². The van der Waals surface area contributed by atoms with Crippen molar-refractivity contribution < 1.29 is 14.6 Å². The minimum absolute atomic E-state index is 0.0908. The molecular weight excluding hydrogens is 501 g/mol. The summed E-state index contributed by atoms with van der Waals surface area (Å²) in [6, 6.07) is 18.9. The summed E-state index contributed by atoms with van der Waals surface area (Å²) < 4.78 is 5.79. The smallest absolute Gasteiger partial charge is 0.255 e. The predicted molar refractivity (Wildman–Crippen MR) is 137 cm³/mol. The highest BCUT2D eigenvalue weighted by atomic mass is 35.5. The van der Waals surface area contributed by atoms with Crippen LogP contribution in [0.5, 0.6) is 17.2 Å². The number of amides is 1. The SMILES string of the molecule is CC1SC(c2ccc(O)cc2)N(NC(=S)Nc2ccc(Oc3ccc(Cl)cc3)c(Cl)c2)C1=O. The largest absolute Gasteiger partial charge is 0.508 e. The van der Waals surface area contributed by atoms with Gasteiger partial charge in [0.25, 0.3) is 5.91 Å². The number of benzene rings is 3. The number of phenols is 1. The lowest BCUT2D eigenvalue weighted by molar-refractivity contribution is -0.131. The third-order valence-electron chi connectivity index (χ3n) is 4.78. The second kappa shape index (κ2) is 10.1. The molecule has 2 atom stereocenters.